The highest BCUT2D eigenvalue weighted by atomic mass is 32.1. The van der Waals surface area contributed by atoms with Crippen molar-refractivity contribution in [2.75, 3.05) is 12.4 Å². The van der Waals surface area contributed by atoms with Crippen molar-refractivity contribution in [3.05, 3.63) is 65.5 Å². The number of rotatable bonds is 5. The summed E-state index contributed by atoms with van der Waals surface area (Å²) >= 11 is 4.35. The molecule has 0 saturated carbocycles. The van der Waals surface area contributed by atoms with E-state index in [1.807, 2.05) is 30.3 Å². The summed E-state index contributed by atoms with van der Waals surface area (Å²) in [6.45, 7) is 2.16. The van der Waals surface area contributed by atoms with Crippen molar-refractivity contribution in [3.8, 4) is 5.75 Å². The number of thiol groups is 1. The molecule has 0 aliphatic carbocycles. The Balaban J connectivity index is 2.06. The van der Waals surface area contributed by atoms with E-state index >= 15 is 0 Å². The lowest BCUT2D eigenvalue weighted by Gasteiger charge is -2.16. The van der Waals surface area contributed by atoms with Gasteiger partial charge in [0.05, 0.1) is 6.61 Å². The Morgan fingerprint density at radius 2 is 1.84 bits per heavy atom. The van der Waals surface area contributed by atoms with E-state index in [1.54, 1.807) is 25.1 Å². The second kappa shape index (κ2) is 6.62. The smallest absolute Gasteiger partial charge is 0.167 e. The van der Waals surface area contributed by atoms with Crippen LogP contribution in [0.2, 0.25) is 0 Å². The van der Waals surface area contributed by atoms with E-state index in [1.165, 1.54) is 0 Å². The first kappa shape index (κ1) is 13.9. The van der Waals surface area contributed by atoms with E-state index in [4.69, 9.17) is 4.74 Å². The molecule has 0 aliphatic heterocycles. The van der Waals surface area contributed by atoms with Crippen LogP contribution < -0.4 is 4.74 Å². The number of hydrogen-bond acceptors (Lipinski definition) is 2. The zero-order valence-corrected chi connectivity index (χ0v) is 11.7. The standard InChI is InChI=1S/C16H17FOS/c1-12-6-5-9-15(16(12)17)18-10-14(11-19)13-7-3-2-4-8-13/h2-9,14,19H,10-11H2,1H3. The number of aryl methyl sites for hydroxylation is 1. The van der Waals surface area contributed by atoms with Gasteiger partial charge in [0.1, 0.15) is 0 Å². The SMILES string of the molecule is Cc1cccc(OCC(CS)c2ccccc2)c1F. The fraction of sp³-hybridized carbons (Fsp3) is 0.250. The Labute approximate surface area is 118 Å². The molecule has 1 atom stereocenters. The van der Waals surface area contributed by atoms with Gasteiger partial charge in [-0.2, -0.15) is 12.6 Å². The molecule has 2 rings (SSSR count). The van der Waals surface area contributed by atoms with Crippen molar-refractivity contribution in [3.63, 3.8) is 0 Å². The third-order valence-electron chi connectivity index (χ3n) is 3.09. The molecule has 0 aliphatic rings. The van der Waals surface area contributed by atoms with Crippen LogP contribution in [-0.2, 0) is 0 Å². The zero-order valence-electron chi connectivity index (χ0n) is 10.8. The van der Waals surface area contributed by atoms with Crippen LogP contribution in [0, 0.1) is 12.7 Å². The molecule has 0 aromatic heterocycles. The van der Waals surface area contributed by atoms with Crippen LogP contribution in [0.3, 0.4) is 0 Å². The Kier molecular flexibility index (Phi) is 4.86. The summed E-state index contributed by atoms with van der Waals surface area (Å²) in [5.74, 6) is 0.845. The third-order valence-corrected chi connectivity index (χ3v) is 3.53. The van der Waals surface area contributed by atoms with E-state index in [2.05, 4.69) is 12.6 Å². The van der Waals surface area contributed by atoms with Crippen LogP contribution in [0.15, 0.2) is 48.5 Å². The molecule has 0 radical (unpaired) electrons. The lowest BCUT2D eigenvalue weighted by molar-refractivity contribution is 0.283. The molecule has 0 spiro atoms. The van der Waals surface area contributed by atoms with Gasteiger partial charge in [0.15, 0.2) is 11.6 Å². The fourth-order valence-electron chi connectivity index (χ4n) is 1.90. The molecule has 0 bridgehead atoms. The van der Waals surface area contributed by atoms with Crippen molar-refractivity contribution >= 4 is 12.6 Å². The molecule has 19 heavy (non-hydrogen) atoms. The van der Waals surface area contributed by atoms with Gasteiger partial charge in [0.25, 0.3) is 0 Å². The molecule has 0 saturated heterocycles. The second-order valence-corrected chi connectivity index (χ2v) is 4.85. The van der Waals surface area contributed by atoms with Crippen LogP contribution in [-0.4, -0.2) is 12.4 Å². The minimum atomic E-state index is -0.284. The van der Waals surface area contributed by atoms with E-state index < -0.39 is 0 Å². The van der Waals surface area contributed by atoms with E-state index in [-0.39, 0.29) is 11.7 Å². The van der Waals surface area contributed by atoms with Crippen LogP contribution in [0.5, 0.6) is 5.75 Å². The van der Waals surface area contributed by atoms with Gasteiger partial charge < -0.3 is 4.74 Å². The van der Waals surface area contributed by atoms with E-state index in [9.17, 15) is 4.39 Å². The predicted octanol–water partition coefficient (Wildman–Crippen LogP) is 4.23. The summed E-state index contributed by atoms with van der Waals surface area (Å²) in [7, 11) is 0. The lowest BCUT2D eigenvalue weighted by Crippen LogP contribution is -2.12. The fourth-order valence-corrected chi connectivity index (χ4v) is 2.22. The van der Waals surface area contributed by atoms with Crippen molar-refractivity contribution in [1.29, 1.82) is 0 Å². The van der Waals surface area contributed by atoms with Gasteiger partial charge in [-0.15, -0.1) is 0 Å². The number of benzene rings is 2. The highest BCUT2D eigenvalue weighted by Gasteiger charge is 2.12. The highest BCUT2D eigenvalue weighted by molar-refractivity contribution is 7.80. The molecular formula is C16H17FOS. The normalized spacial score (nSPS) is 12.2. The minimum absolute atomic E-state index is 0.157. The molecule has 100 valence electrons. The number of ether oxygens (including phenoxy) is 1. The van der Waals surface area contributed by atoms with Gasteiger partial charge in [0, 0.05) is 11.7 Å². The van der Waals surface area contributed by atoms with Crippen LogP contribution in [0.4, 0.5) is 4.39 Å². The van der Waals surface area contributed by atoms with Gasteiger partial charge >= 0.3 is 0 Å². The van der Waals surface area contributed by atoms with Crippen LogP contribution >= 0.6 is 12.6 Å². The summed E-state index contributed by atoms with van der Waals surface area (Å²) in [6.07, 6.45) is 0. The Bertz CT molecular complexity index is 528. The Hall–Kier alpha value is -1.48. The van der Waals surface area contributed by atoms with Crippen LogP contribution in [0.1, 0.15) is 17.0 Å². The van der Waals surface area contributed by atoms with Gasteiger partial charge in [-0.25, -0.2) is 4.39 Å². The molecular weight excluding hydrogens is 259 g/mol. The second-order valence-electron chi connectivity index (χ2n) is 4.49. The molecule has 0 amide bonds. The summed E-state index contributed by atoms with van der Waals surface area (Å²) in [4.78, 5) is 0. The maximum absolute atomic E-state index is 13.8. The monoisotopic (exact) mass is 276 g/mol. The van der Waals surface area contributed by atoms with Crippen molar-refractivity contribution in [2.24, 2.45) is 0 Å². The van der Waals surface area contributed by atoms with Crippen molar-refractivity contribution in [1.82, 2.24) is 0 Å². The van der Waals surface area contributed by atoms with Crippen molar-refractivity contribution in [2.45, 2.75) is 12.8 Å². The maximum Gasteiger partial charge on any atom is 0.167 e. The lowest BCUT2D eigenvalue weighted by atomic mass is 10.0. The maximum atomic E-state index is 13.8. The minimum Gasteiger partial charge on any atom is -0.490 e. The number of halogens is 1. The topological polar surface area (TPSA) is 9.23 Å². The highest BCUT2D eigenvalue weighted by Crippen LogP contribution is 2.23. The predicted molar refractivity (Wildman–Crippen MR) is 79.7 cm³/mol. The molecule has 1 nitrogen and oxygen atoms in total. The molecule has 0 N–H and O–H groups in total. The average Bonchev–Trinajstić information content (AvgIpc) is 2.45. The first-order valence-corrected chi connectivity index (χ1v) is 6.89. The largest absolute Gasteiger partial charge is 0.490 e. The molecule has 2 aromatic carbocycles. The molecule has 1 unspecified atom stereocenters. The quantitative estimate of drug-likeness (QED) is 0.804. The third kappa shape index (κ3) is 3.51. The Morgan fingerprint density at radius 1 is 1.11 bits per heavy atom. The average molecular weight is 276 g/mol. The summed E-state index contributed by atoms with van der Waals surface area (Å²) in [5, 5.41) is 0. The zero-order chi connectivity index (χ0) is 13.7. The molecule has 0 fully saturated rings. The molecule has 2 aromatic rings. The van der Waals surface area contributed by atoms with E-state index in [0.717, 1.165) is 5.56 Å². The Morgan fingerprint density at radius 3 is 2.53 bits per heavy atom. The number of hydrogen-bond donors (Lipinski definition) is 1. The molecule has 3 heteroatoms. The molecule has 0 heterocycles. The van der Waals surface area contributed by atoms with Gasteiger partial charge in [0.2, 0.25) is 0 Å². The van der Waals surface area contributed by atoms with Gasteiger partial charge in [-0.05, 0) is 24.1 Å². The van der Waals surface area contributed by atoms with E-state index in [0.29, 0.717) is 23.7 Å². The first-order chi connectivity index (χ1) is 9.22. The first-order valence-electron chi connectivity index (χ1n) is 6.26. The van der Waals surface area contributed by atoms with Crippen molar-refractivity contribution < 1.29 is 9.13 Å². The van der Waals surface area contributed by atoms with Crippen LogP contribution in [0.25, 0.3) is 0 Å². The summed E-state index contributed by atoms with van der Waals surface area (Å²) in [5.41, 5.74) is 1.75. The van der Waals surface area contributed by atoms with Gasteiger partial charge in [-0.1, -0.05) is 42.5 Å². The van der Waals surface area contributed by atoms with Gasteiger partial charge in [-0.3, -0.25) is 0 Å². The summed E-state index contributed by atoms with van der Waals surface area (Å²) in [6, 6.07) is 15.2. The summed E-state index contributed by atoms with van der Waals surface area (Å²) < 4.78 is 19.4.